The van der Waals surface area contributed by atoms with Crippen LogP contribution in [0.1, 0.15) is 5.56 Å². The van der Waals surface area contributed by atoms with Gasteiger partial charge in [-0.2, -0.15) is 0 Å². The topological polar surface area (TPSA) is 12.0 Å². The van der Waals surface area contributed by atoms with Crippen LogP contribution in [-0.2, 0) is 0 Å². The van der Waals surface area contributed by atoms with Crippen LogP contribution in [-0.4, -0.2) is 13.1 Å². The average molecular weight is 180 g/mol. The predicted octanol–water partition coefficient (Wildman–Crippen LogP) is 2.33. The molecule has 0 aliphatic carbocycles. The van der Waals surface area contributed by atoms with Crippen molar-refractivity contribution in [1.82, 2.24) is 5.32 Å². The molecule has 0 atom stereocenters. The summed E-state index contributed by atoms with van der Waals surface area (Å²) in [5, 5.41) is 4.06. The van der Waals surface area contributed by atoms with Crippen molar-refractivity contribution >= 4 is 17.2 Å². The smallest absolute Gasteiger partial charge is 0.0406 e. The summed E-state index contributed by atoms with van der Waals surface area (Å²) < 4.78 is 0. The molecule has 1 aliphatic rings. The van der Waals surface area contributed by atoms with E-state index < -0.39 is 0 Å². The van der Waals surface area contributed by atoms with Crippen molar-refractivity contribution in [3.05, 3.63) is 40.9 Å². The van der Waals surface area contributed by atoms with Gasteiger partial charge < -0.3 is 5.32 Å². The number of rotatable bonds is 1. The molecule has 1 N–H and O–H groups in total. The van der Waals surface area contributed by atoms with Crippen molar-refractivity contribution in [3.8, 4) is 0 Å². The standard InChI is InChI=1S/C10H10ClN/c11-10-3-1-8(2-4-10)9-5-6-12-7-9/h1-5,12H,6-7H2. The van der Waals surface area contributed by atoms with Gasteiger partial charge in [-0.05, 0) is 23.3 Å². The van der Waals surface area contributed by atoms with Gasteiger partial charge in [-0.1, -0.05) is 29.8 Å². The van der Waals surface area contributed by atoms with E-state index in [0.29, 0.717) is 0 Å². The van der Waals surface area contributed by atoms with Gasteiger partial charge in [-0.3, -0.25) is 0 Å². The lowest BCUT2D eigenvalue weighted by Crippen LogP contribution is -2.07. The second-order valence-corrected chi connectivity index (χ2v) is 3.30. The van der Waals surface area contributed by atoms with E-state index in [-0.39, 0.29) is 0 Å². The maximum Gasteiger partial charge on any atom is 0.0406 e. The Balaban J connectivity index is 2.28. The van der Waals surface area contributed by atoms with Crippen molar-refractivity contribution < 1.29 is 0 Å². The molecule has 0 bridgehead atoms. The van der Waals surface area contributed by atoms with Crippen LogP contribution in [0.3, 0.4) is 0 Å². The Hall–Kier alpha value is -0.790. The van der Waals surface area contributed by atoms with E-state index in [4.69, 9.17) is 11.6 Å². The third kappa shape index (κ3) is 1.52. The molecule has 0 saturated heterocycles. The van der Waals surface area contributed by atoms with Gasteiger partial charge in [-0.15, -0.1) is 0 Å². The molecule has 1 aromatic carbocycles. The summed E-state index contributed by atoms with van der Waals surface area (Å²) in [6.45, 7) is 1.96. The largest absolute Gasteiger partial charge is 0.309 e. The lowest BCUT2D eigenvalue weighted by Gasteiger charge is -2.00. The lowest BCUT2D eigenvalue weighted by atomic mass is 10.1. The fourth-order valence-corrected chi connectivity index (χ4v) is 1.48. The van der Waals surface area contributed by atoms with E-state index >= 15 is 0 Å². The molecular weight excluding hydrogens is 170 g/mol. The van der Waals surface area contributed by atoms with E-state index in [9.17, 15) is 0 Å². The third-order valence-electron chi connectivity index (χ3n) is 2.02. The minimum atomic E-state index is 0.797. The summed E-state index contributed by atoms with van der Waals surface area (Å²) in [4.78, 5) is 0. The van der Waals surface area contributed by atoms with Crippen LogP contribution in [0.4, 0.5) is 0 Å². The van der Waals surface area contributed by atoms with Crippen LogP contribution in [0.5, 0.6) is 0 Å². The Bertz CT molecular complexity index is 300. The zero-order valence-electron chi connectivity index (χ0n) is 6.68. The van der Waals surface area contributed by atoms with Gasteiger partial charge in [0, 0.05) is 18.1 Å². The third-order valence-corrected chi connectivity index (χ3v) is 2.28. The van der Waals surface area contributed by atoms with E-state index in [2.05, 4.69) is 23.5 Å². The lowest BCUT2D eigenvalue weighted by molar-refractivity contribution is 0.897. The highest BCUT2D eigenvalue weighted by Gasteiger charge is 2.04. The Morgan fingerprint density at radius 2 is 1.92 bits per heavy atom. The molecule has 2 rings (SSSR count). The van der Waals surface area contributed by atoms with E-state index in [1.165, 1.54) is 11.1 Å². The van der Waals surface area contributed by atoms with Crippen LogP contribution in [0, 0.1) is 0 Å². The fourth-order valence-electron chi connectivity index (χ4n) is 1.36. The monoisotopic (exact) mass is 179 g/mol. The highest BCUT2D eigenvalue weighted by Crippen LogP contribution is 2.18. The Morgan fingerprint density at radius 1 is 1.17 bits per heavy atom. The molecule has 0 saturated carbocycles. The summed E-state index contributed by atoms with van der Waals surface area (Å²) >= 11 is 5.78. The van der Waals surface area contributed by atoms with Gasteiger partial charge in [0.15, 0.2) is 0 Å². The fraction of sp³-hybridized carbons (Fsp3) is 0.200. The van der Waals surface area contributed by atoms with Crippen LogP contribution in [0.2, 0.25) is 5.02 Å². The molecule has 0 spiro atoms. The second-order valence-electron chi connectivity index (χ2n) is 2.87. The zero-order valence-corrected chi connectivity index (χ0v) is 7.43. The highest BCUT2D eigenvalue weighted by atomic mass is 35.5. The highest BCUT2D eigenvalue weighted by molar-refractivity contribution is 6.30. The van der Waals surface area contributed by atoms with Gasteiger partial charge in [0.2, 0.25) is 0 Å². The molecule has 1 aromatic rings. The number of nitrogens with one attached hydrogen (secondary N) is 1. The van der Waals surface area contributed by atoms with Crippen LogP contribution < -0.4 is 5.32 Å². The number of benzene rings is 1. The van der Waals surface area contributed by atoms with Gasteiger partial charge in [0.1, 0.15) is 0 Å². The van der Waals surface area contributed by atoms with E-state index in [1.807, 2.05) is 12.1 Å². The average Bonchev–Trinajstić information content (AvgIpc) is 2.58. The molecule has 62 valence electrons. The molecule has 0 fully saturated rings. The van der Waals surface area contributed by atoms with Crippen molar-refractivity contribution in [3.63, 3.8) is 0 Å². The second kappa shape index (κ2) is 3.30. The number of hydrogen-bond donors (Lipinski definition) is 1. The molecular formula is C10H10ClN. The number of hydrogen-bond acceptors (Lipinski definition) is 1. The number of halogens is 1. The summed E-state index contributed by atoms with van der Waals surface area (Å²) in [5.74, 6) is 0. The minimum Gasteiger partial charge on any atom is -0.309 e. The van der Waals surface area contributed by atoms with Crippen LogP contribution in [0.15, 0.2) is 30.3 Å². The van der Waals surface area contributed by atoms with Crippen molar-refractivity contribution in [2.75, 3.05) is 13.1 Å². The van der Waals surface area contributed by atoms with Crippen molar-refractivity contribution in [2.24, 2.45) is 0 Å². The quantitative estimate of drug-likeness (QED) is 0.698. The summed E-state index contributed by atoms with van der Waals surface area (Å²) in [5.41, 5.74) is 2.64. The molecule has 1 aliphatic heterocycles. The SMILES string of the molecule is Clc1ccc(C2=CCNC2)cc1. The Kier molecular flexibility index (Phi) is 2.15. The first-order chi connectivity index (χ1) is 5.86. The zero-order chi connectivity index (χ0) is 8.39. The predicted molar refractivity (Wildman–Crippen MR) is 52.3 cm³/mol. The summed E-state index contributed by atoms with van der Waals surface area (Å²) in [6.07, 6.45) is 2.21. The molecule has 0 unspecified atom stereocenters. The van der Waals surface area contributed by atoms with Crippen LogP contribution in [0.25, 0.3) is 5.57 Å². The molecule has 0 radical (unpaired) electrons. The molecule has 0 aromatic heterocycles. The molecule has 12 heavy (non-hydrogen) atoms. The first-order valence-corrected chi connectivity index (χ1v) is 4.40. The van der Waals surface area contributed by atoms with Crippen LogP contribution >= 0.6 is 11.6 Å². The Morgan fingerprint density at radius 3 is 2.50 bits per heavy atom. The minimum absolute atomic E-state index is 0.797. The van der Waals surface area contributed by atoms with E-state index in [1.54, 1.807) is 0 Å². The molecule has 1 heterocycles. The van der Waals surface area contributed by atoms with Crippen molar-refractivity contribution in [2.45, 2.75) is 0 Å². The van der Waals surface area contributed by atoms with E-state index in [0.717, 1.165) is 18.1 Å². The first kappa shape index (κ1) is 7.84. The molecule has 0 amide bonds. The van der Waals surface area contributed by atoms with Gasteiger partial charge >= 0.3 is 0 Å². The normalized spacial score (nSPS) is 16.2. The summed E-state index contributed by atoms with van der Waals surface area (Å²) in [7, 11) is 0. The maximum atomic E-state index is 5.78. The maximum absolute atomic E-state index is 5.78. The van der Waals surface area contributed by atoms with Crippen molar-refractivity contribution in [1.29, 1.82) is 0 Å². The molecule has 1 nitrogen and oxygen atoms in total. The first-order valence-electron chi connectivity index (χ1n) is 4.02. The van der Waals surface area contributed by atoms with Gasteiger partial charge in [-0.25, -0.2) is 0 Å². The van der Waals surface area contributed by atoms with Gasteiger partial charge in [0.05, 0.1) is 0 Å². The molecule has 2 heteroatoms. The summed E-state index contributed by atoms with van der Waals surface area (Å²) in [6, 6.07) is 7.97. The Labute approximate surface area is 77.0 Å². The van der Waals surface area contributed by atoms with Gasteiger partial charge in [0.25, 0.3) is 0 Å².